The van der Waals surface area contributed by atoms with Gasteiger partial charge < -0.3 is 103 Å². The predicted molar refractivity (Wildman–Crippen MR) is 484 cm³/mol. The van der Waals surface area contributed by atoms with E-state index in [-0.39, 0.29) is 61.8 Å². The van der Waals surface area contributed by atoms with Gasteiger partial charge in [0.25, 0.3) is 0 Å². The minimum atomic E-state index is -1.97. The summed E-state index contributed by atoms with van der Waals surface area (Å²) >= 11 is 0.647. The molecule has 7 aromatic rings. The lowest BCUT2D eigenvalue weighted by Gasteiger charge is -2.37. The summed E-state index contributed by atoms with van der Waals surface area (Å²) in [6, 6.07) is 15.0. The number of thioether (sulfide) groups is 1. The number of carbonyl (C=O) groups is 16. The van der Waals surface area contributed by atoms with Crippen LogP contribution in [0.25, 0.3) is 10.9 Å². The molecule has 133 heavy (non-hydrogen) atoms. The molecule has 0 bridgehead atoms. The second-order valence-corrected chi connectivity index (χ2v) is 34.6. The number of primary amides is 1. The Bertz CT molecular complexity index is 5320. The number of likely N-dealkylation sites (N-methyl/N-ethyl adjacent to an activating group) is 5. The number of carbonyl (C=O) groups excluding carboxylic acids is 15. The summed E-state index contributed by atoms with van der Waals surface area (Å²) in [5.74, 6) is -26.2. The first-order chi connectivity index (χ1) is 63.0. The molecule has 0 unspecified atom stereocenters. The van der Waals surface area contributed by atoms with Gasteiger partial charge in [-0.15, -0.1) is 11.8 Å². The molecule has 8 rings (SSSR count). The van der Waals surface area contributed by atoms with E-state index in [1.165, 1.54) is 79.4 Å². The monoisotopic (exact) mass is 1860 g/mol. The van der Waals surface area contributed by atoms with Crippen LogP contribution in [-0.4, -0.2) is 277 Å². The van der Waals surface area contributed by atoms with E-state index in [1.54, 1.807) is 112 Å². The molecule has 15 amide bonds. The number of aromatic nitrogens is 1. The zero-order valence-electron chi connectivity index (χ0n) is 75.4. The fourth-order valence-electron chi connectivity index (χ4n) is 15.1. The highest BCUT2D eigenvalue weighted by atomic mass is 32.2. The number of hydrogen-bond acceptors (Lipinski definition) is 20. The second-order valence-electron chi connectivity index (χ2n) is 33.6. The van der Waals surface area contributed by atoms with Gasteiger partial charge in [-0.2, -0.15) is 0 Å². The Balaban J connectivity index is 1.23. The molecule has 714 valence electrons. The van der Waals surface area contributed by atoms with E-state index < -0.39 is 252 Å². The highest BCUT2D eigenvalue weighted by Gasteiger charge is 2.43. The fraction of sp³-hybridized carbons (Fsp3) is 0.419. The van der Waals surface area contributed by atoms with E-state index in [9.17, 15) is 68.0 Å². The first kappa shape index (κ1) is 104. The Morgan fingerprint density at radius 1 is 0.489 bits per heavy atom. The summed E-state index contributed by atoms with van der Waals surface area (Å²) in [7, 11) is 6.06. The van der Waals surface area contributed by atoms with Crippen LogP contribution in [0.3, 0.4) is 0 Å². The summed E-state index contributed by atoms with van der Waals surface area (Å²) in [4.78, 5) is 243. The summed E-state index contributed by atoms with van der Waals surface area (Å²) in [5, 5.41) is 65.4. The number of fused-ring (bicyclic) bond motifs is 1. The second kappa shape index (κ2) is 49.2. The van der Waals surface area contributed by atoms with Crippen LogP contribution in [-0.2, 0) is 115 Å². The average Bonchev–Trinajstić information content (AvgIpc) is 0.958. The summed E-state index contributed by atoms with van der Waals surface area (Å²) in [6.07, 6.45) is -1.62. The normalized spacial score (nSPS) is 21.6. The number of hydrogen-bond donors (Lipinski definition) is 15. The number of phenols is 3. The van der Waals surface area contributed by atoms with E-state index in [2.05, 4.69) is 52.8 Å². The number of phenolic OH excluding ortho intramolecular Hbond substituents is 3. The maximum Gasteiger partial charge on any atom is 0.305 e. The number of aromatic amines is 1. The molecular weight excluding hydrogens is 1750 g/mol. The molecule has 16 N–H and O–H groups in total. The molecule has 1 saturated heterocycles. The van der Waals surface area contributed by atoms with Crippen molar-refractivity contribution in [3.05, 3.63) is 197 Å². The molecule has 40 heteroatoms. The average molecular weight is 1870 g/mol. The zero-order valence-corrected chi connectivity index (χ0v) is 76.2. The molecule has 11 atom stereocenters. The Morgan fingerprint density at radius 3 is 1.57 bits per heavy atom. The summed E-state index contributed by atoms with van der Waals surface area (Å²) in [5.41, 5.74) is 7.50. The van der Waals surface area contributed by atoms with Crippen LogP contribution < -0.4 is 53.6 Å². The number of H-pyrrole nitrogens is 1. The van der Waals surface area contributed by atoms with Crippen molar-refractivity contribution in [1.29, 1.82) is 0 Å². The molecule has 1 aliphatic rings. The van der Waals surface area contributed by atoms with E-state index in [1.807, 2.05) is 0 Å². The topological polar surface area (TPSA) is 520 Å². The Labute approximate surface area is 770 Å². The number of nitrogens with one attached hydrogen (secondary N) is 10. The number of nitrogens with two attached hydrogens (primary N) is 1. The van der Waals surface area contributed by atoms with Crippen LogP contribution in [0.2, 0.25) is 0 Å². The van der Waals surface area contributed by atoms with Gasteiger partial charge in [-0.05, 0) is 101 Å². The maximum absolute atomic E-state index is 15.5. The number of unbranched alkanes of at least 4 members (excludes halogenated alkanes) is 1. The van der Waals surface area contributed by atoms with Crippen molar-refractivity contribution >= 4 is 117 Å². The van der Waals surface area contributed by atoms with Gasteiger partial charge in [0.2, 0.25) is 88.6 Å². The smallest absolute Gasteiger partial charge is 0.305 e. The number of aromatic hydroxyl groups is 3. The Morgan fingerprint density at radius 2 is 0.985 bits per heavy atom. The van der Waals surface area contributed by atoms with Gasteiger partial charge in [-0.1, -0.05) is 145 Å². The first-order valence-electron chi connectivity index (χ1n) is 43.1. The first-order valence-corrected chi connectivity index (χ1v) is 44.3. The van der Waals surface area contributed by atoms with E-state index in [4.69, 9.17) is 5.73 Å². The summed E-state index contributed by atoms with van der Waals surface area (Å²) < 4.78 is 44.9. The number of nitrogens with zero attached hydrogens (tertiary/aromatic N) is 5. The third kappa shape index (κ3) is 30.5. The van der Waals surface area contributed by atoms with Gasteiger partial charge in [-0.25, -0.2) is 13.2 Å². The standard InChI is InChI=1S/C93H115F3N16O20S/c1-11-12-27-71-91(130)109(7)48-78(118)101-67(44-80(120)121)87(126)107-82(52(4)5)93(132)111(9)72(40-53-21-15-13-16-22-53)88(127)105-68(37-55-28-31-59(113)32-29-55)89(128)108(6)47-77(117)100-66(43-58-45-98-63-26-20-19-25-60(58)63)86(125)104-65(38-56-30-33-74(114)75(115)42-56)85(124)103-64(34-51(2)3)84(123)106-70(83(122)99-46-76(97)116)49-133-50-79(119)102-69(39-57-35-61(94)81(96)62(95)36-57)90(129)112(10)73(92(131)110(71)8)41-54-23-17-14-18-24-54/h13-26,28-33,35-36,42,45,51-52,64-73,82,98,113-115H,11-12,27,34,37-41,43-44,46-50H2,1-10H3,(H2,97,116)(H,99,122)(H,100,117)(H,101,118)(H,102,119)(H,103,124)(H,104,125)(H,105,127)(H,106,123)(H,107,126)(H,120,121)/t64-,65-,66-,67-,68-,69-,70-,71-,72-,73-,82-/m0/s1. The molecule has 36 nitrogen and oxygen atoms in total. The Hall–Kier alpha value is -14.1. The molecule has 1 aromatic heterocycles. The molecule has 1 fully saturated rings. The van der Waals surface area contributed by atoms with Crippen LogP contribution in [0.4, 0.5) is 13.2 Å². The van der Waals surface area contributed by atoms with Gasteiger partial charge in [0.05, 0.1) is 31.8 Å². The van der Waals surface area contributed by atoms with Gasteiger partial charge in [0.15, 0.2) is 29.0 Å². The van der Waals surface area contributed by atoms with Crippen LogP contribution in [0.5, 0.6) is 17.2 Å². The summed E-state index contributed by atoms with van der Waals surface area (Å²) in [6.45, 7) is 5.64. The van der Waals surface area contributed by atoms with Crippen molar-refractivity contribution in [3.63, 3.8) is 0 Å². The van der Waals surface area contributed by atoms with Crippen LogP contribution >= 0.6 is 11.8 Å². The number of amides is 15. The lowest BCUT2D eigenvalue weighted by molar-refractivity contribution is -0.151. The number of rotatable bonds is 23. The van der Waals surface area contributed by atoms with Crippen LogP contribution in [0, 0.1) is 29.3 Å². The number of aliphatic carboxylic acids is 1. The zero-order chi connectivity index (χ0) is 97.8. The van der Waals surface area contributed by atoms with Gasteiger partial charge >= 0.3 is 5.97 Å². The van der Waals surface area contributed by atoms with Crippen molar-refractivity contribution in [1.82, 2.24) is 77.3 Å². The largest absolute Gasteiger partial charge is 0.508 e. The molecule has 0 spiro atoms. The molecular formula is C93H115F3N16O20S. The van der Waals surface area contributed by atoms with Gasteiger partial charge in [0.1, 0.15) is 72.2 Å². The van der Waals surface area contributed by atoms with Crippen molar-refractivity contribution in [2.45, 2.75) is 172 Å². The van der Waals surface area contributed by atoms with Gasteiger partial charge in [-0.3, -0.25) is 76.7 Å². The predicted octanol–water partition coefficient (Wildman–Crippen LogP) is 2.45. The van der Waals surface area contributed by atoms with Crippen LogP contribution in [0.15, 0.2) is 146 Å². The highest BCUT2D eigenvalue weighted by molar-refractivity contribution is 8.00. The minimum absolute atomic E-state index is 0.0802. The quantitative estimate of drug-likeness (QED) is 0.0323. The minimum Gasteiger partial charge on any atom is -0.508 e. The molecule has 6 aromatic carbocycles. The highest BCUT2D eigenvalue weighted by Crippen LogP contribution is 2.28. The van der Waals surface area contributed by atoms with E-state index >= 15 is 42.3 Å². The number of carboxylic acids is 1. The molecule has 2 heterocycles. The lowest BCUT2D eigenvalue weighted by atomic mass is 9.98. The van der Waals surface area contributed by atoms with E-state index in [0.29, 0.717) is 63.5 Å². The maximum atomic E-state index is 15.5. The Kier molecular flexibility index (Phi) is 38.6. The number of halogens is 3. The van der Waals surface area contributed by atoms with Crippen LogP contribution in [0.1, 0.15) is 100 Å². The third-order valence-corrected chi connectivity index (χ3v) is 23.4. The number of benzene rings is 6. The van der Waals surface area contributed by atoms with Crippen molar-refractivity contribution in [2.24, 2.45) is 17.6 Å². The lowest BCUT2D eigenvalue weighted by Crippen LogP contribution is -2.61. The molecule has 0 radical (unpaired) electrons. The fourth-order valence-corrected chi connectivity index (χ4v) is 16.0. The van der Waals surface area contributed by atoms with Crippen molar-refractivity contribution < 1.29 is 110 Å². The van der Waals surface area contributed by atoms with Crippen molar-refractivity contribution in [2.75, 3.05) is 66.4 Å². The molecule has 1 aliphatic heterocycles. The molecule has 0 aliphatic carbocycles. The third-order valence-electron chi connectivity index (χ3n) is 22.4. The van der Waals surface area contributed by atoms with Crippen molar-refractivity contribution in [3.8, 4) is 17.2 Å². The number of carboxylic acid groups (broad SMARTS) is 1. The SMILES string of the molecule is CCCC[C@H]1C(=O)N(C)CC(=O)N[C@@H](CC(=O)O)C(=O)N[C@@H](C(C)C)C(=O)N(C)[C@@H](Cc2ccccc2)C(=O)N[C@@H](Cc2ccc(O)cc2)C(=O)N(C)CC(=O)N[C@@H](Cc2c[nH]c3ccccc23)C(=O)N[C@@H](Cc2ccc(O)c(O)c2)C(=O)N[C@@H](CC(C)C)C(=O)N[C@H](C(=O)NCC(N)=O)CSCC(=O)N[C@@H](Cc2cc(F)c(F)c(F)c2)C(=O)N(C)[C@@H](Cc2ccccc2)C(=O)N1C. The number of para-hydroxylation sites is 1. The van der Waals surface area contributed by atoms with Gasteiger partial charge in [0, 0.05) is 96.6 Å². The van der Waals surface area contributed by atoms with E-state index in [0.717, 1.165) is 36.6 Å². The molecule has 0 saturated carbocycles.